The first kappa shape index (κ1) is 27.1. The molecule has 10 nitrogen and oxygen atoms in total. The molecule has 196 valence electrons. The number of hydrogen-bond acceptors (Lipinski definition) is 7. The summed E-state index contributed by atoms with van der Waals surface area (Å²) >= 11 is 12.1. The molecule has 0 atom stereocenters. The van der Waals surface area contributed by atoms with Crippen LogP contribution in [-0.2, 0) is 16.4 Å². The topological polar surface area (TPSA) is 132 Å². The number of carbonyl (C=O) groups excluding carboxylic acids is 1. The van der Waals surface area contributed by atoms with E-state index in [0.717, 1.165) is 4.68 Å². The average Bonchev–Trinajstić information content (AvgIpc) is 2.92. The highest BCUT2D eigenvalue weighted by atomic mass is 35.5. The second-order valence-corrected chi connectivity index (χ2v) is 10.6. The highest BCUT2D eigenvalue weighted by Crippen LogP contribution is 2.29. The number of hydrogen-bond donors (Lipinski definition) is 2. The molecule has 4 rings (SSSR count). The van der Waals surface area contributed by atoms with Gasteiger partial charge in [0.05, 0.1) is 38.3 Å². The monoisotopic (exact) mass is 573 g/mol. The van der Waals surface area contributed by atoms with Crippen molar-refractivity contribution in [1.29, 1.82) is 0 Å². The molecule has 0 aliphatic rings. The van der Waals surface area contributed by atoms with Crippen LogP contribution >= 0.6 is 23.2 Å². The first-order valence-corrected chi connectivity index (χ1v) is 13.4. The number of methoxy groups -OCH3 is 1. The number of nitrogens with one attached hydrogen (secondary N) is 2. The molecule has 2 amide bonds. The smallest absolute Gasteiger partial charge is 0.323 e. The molecule has 0 aliphatic heterocycles. The Labute approximate surface area is 228 Å². The molecule has 0 spiro atoms. The highest BCUT2D eigenvalue weighted by Gasteiger charge is 2.20. The number of sulfone groups is 1. The SMILES string of the molecule is CCn1nc(-c2cccc(S(=O)(=O)c3ccc(OC)cc3)c2)cc(NC(=O)Nc2c(Cl)cncc2Cl)c1=O. The summed E-state index contributed by atoms with van der Waals surface area (Å²) in [7, 11) is -2.36. The fourth-order valence-corrected chi connectivity index (χ4v) is 5.26. The number of halogens is 2. The highest BCUT2D eigenvalue weighted by molar-refractivity contribution is 7.91. The van der Waals surface area contributed by atoms with E-state index in [1.54, 1.807) is 31.2 Å². The minimum atomic E-state index is -3.85. The number of rotatable bonds is 7. The lowest BCUT2D eigenvalue weighted by Gasteiger charge is -2.13. The lowest BCUT2D eigenvalue weighted by Crippen LogP contribution is -2.29. The minimum absolute atomic E-state index is 0.0328. The molecule has 0 unspecified atom stereocenters. The molecule has 38 heavy (non-hydrogen) atoms. The predicted molar refractivity (Wildman–Crippen MR) is 145 cm³/mol. The lowest BCUT2D eigenvalue weighted by atomic mass is 10.1. The minimum Gasteiger partial charge on any atom is -0.497 e. The maximum atomic E-state index is 13.2. The Hall–Kier alpha value is -3.93. The largest absolute Gasteiger partial charge is 0.497 e. The van der Waals surface area contributed by atoms with Gasteiger partial charge < -0.3 is 15.4 Å². The third-order valence-corrected chi connectivity index (χ3v) is 7.76. The van der Waals surface area contributed by atoms with E-state index in [1.165, 1.54) is 49.8 Å². The maximum absolute atomic E-state index is 13.2. The maximum Gasteiger partial charge on any atom is 0.323 e. The second-order valence-electron chi connectivity index (χ2n) is 7.83. The number of nitrogens with zero attached hydrogens (tertiary/aromatic N) is 3. The van der Waals surface area contributed by atoms with E-state index in [-0.39, 0.29) is 43.4 Å². The summed E-state index contributed by atoms with van der Waals surface area (Å²) < 4.78 is 32.7. The summed E-state index contributed by atoms with van der Waals surface area (Å²) in [6.07, 6.45) is 2.62. The number of ether oxygens (including phenoxy) is 1. The molecule has 0 fully saturated rings. The van der Waals surface area contributed by atoms with Crippen LogP contribution in [-0.4, -0.2) is 36.3 Å². The van der Waals surface area contributed by atoms with Crippen LogP contribution in [0.15, 0.2) is 81.6 Å². The molecule has 13 heteroatoms. The van der Waals surface area contributed by atoms with Gasteiger partial charge in [0, 0.05) is 24.5 Å². The summed E-state index contributed by atoms with van der Waals surface area (Å²) in [6, 6.07) is 12.8. The number of carbonyl (C=O) groups is 1. The number of pyridine rings is 1. The van der Waals surface area contributed by atoms with E-state index in [2.05, 4.69) is 20.7 Å². The first-order chi connectivity index (χ1) is 18.1. The normalized spacial score (nSPS) is 11.2. The lowest BCUT2D eigenvalue weighted by molar-refractivity contribution is 0.262. The van der Waals surface area contributed by atoms with Gasteiger partial charge in [-0.2, -0.15) is 5.10 Å². The molecule has 4 aromatic rings. The van der Waals surface area contributed by atoms with Crippen molar-refractivity contribution in [2.24, 2.45) is 0 Å². The Morgan fingerprint density at radius 3 is 2.32 bits per heavy atom. The van der Waals surface area contributed by atoms with Crippen molar-refractivity contribution in [2.75, 3.05) is 17.7 Å². The van der Waals surface area contributed by atoms with Crippen molar-refractivity contribution in [2.45, 2.75) is 23.3 Å². The standard InChI is InChI=1S/C25H21Cl2N5O5S/c1-3-32-24(33)22(29-25(34)30-23-19(26)13-28-14-20(23)27)12-21(31-32)15-5-4-6-18(11-15)38(35,36)17-9-7-16(37-2)8-10-17/h4-14H,3H2,1-2H3,(H2,28,29,30,34). The third-order valence-electron chi connectivity index (χ3n) is 5.42. The number of urea groups is 1. The van der Waals surface area contributed by atoms with Crippen molar-refractivity contribution in [3.05, 3.63) is 87.4 Å². The number of benzene rings is 2. The first-order valence-electron chi connectivity index (χ1n) is 11.1. The van der Waals surface area contributed by atoms with Gasteiger partial charge in [0.2, 0.25) is 9.84 Å². The Bertz CT molecular complexity index is 1650. The molecule has 2 N–H and O–H groups in total. The Balaban J connectivity index is 1.68. The summed E-state index contributed by atoms with van der Waals surface area (Å²) in [4.78, 5) is 29.5. The quantitative estimate of drug-likeness (QED) is 0.313. The zero-order valence-electron chi connectivity index (χ0n) is 20.1. The number of anilines is 2. The third kappa shape index (κ3) is 5.64. The van der Waals surface area contributed by atoms with Crippen molar-refractivity contribution in [1.82, 2.24) is 14.8 Å². The van der Waals surface area contributed by atoms with Crippen LogP contribution in [0.25, 0.3) is 11.3 Å². The van der Waals surface area contributed by atoms with Crippen molar-refractivity contribution in [3.63, 3.8) is 0 Å². The summed E-state index contributed by atoms with van der Waals surface area (Å²) in [6.45, 7) is 1.91. The Morgan fingerprint density at radius 2 is 1.68 bits per heavy atom. The van der Waals surface area contributed by atoms with E-state index >= 15 is 0 Å². The van der Waals surface area contributed by atoms with Crippen LogP contribution in [0.3, 0.4) is 0 Å². The molecule has 2 aromatic carbocycles. The molecular formula is C25H21Cl2N5O5S. The molecule has 0 saturated heterocycles. The Morgan fingerprint density at radius 1 is 1.00 bits per heavy atom. The molecule has 0 bridgehead atoms. The molecule has 0 aliphatic carbocycles. The van der Waals surface area contributed by atoms with Crippen LogP contribution in [0.1, 0.15) is 6.92 Å². The van der Waals surface area contributed by atoms with Crippen LogP contribution in [0, 0.1) is 0 Å². The van der Waals surface area contributed by atoms with Gasteiger partial charge in [-0.15, -0.1) is 0 Å². The molecular weight excluding hydrogens is 553 g/mol. The molecule has 2 heterocycles. The van der Waals surface area contributed by atoms with Gasteiger partial charge >= 0.3 is 6.03 Å². The average molecular weight is 574 g/mol. The summed E-state index contributed by atoms with van der Waals surface area (Å²) in [5.74, 6) is 0.529. The molecule has 0 radical (unpaired) electrons. The van der Waals surface area contributed by atoms with Crippen LogP contribution in [0.2, 0.25) is 10.0 Å². The van der Waals surface area contributed by atoms with Crippen LogP contribution < -0.4 is 20.9 Å². The fourth-order valence-electron chi connectivity index (χ4n) is 3.50. The summed E-state index contributed by atoms with van der Waals surface area (Å²) in [5, 5.41) is 9.54. The molecule has 2 aromatic heterocycles. The second kappa shape index (κ2) is 11.2. The van der Waals surface area contributed by atoms with Gasteiger partial charge in [0.25, 0.3) is 5.56 Å². The van der Waals surface area contributed by atoms with E-state index in [4.69, 9.17) is 27.9 Å². The number of amides is 2. The van der Waals surface area contributed by atoms with Crippen molar-refractivity contribution in [3.8, 4) is 17.0 Å². The van der Waals surface area contributed by atoms with Gasteiger partial charge in [0.1, 0.15) is 11.4 Å². The number of aryl methyl sites for hydroxylation is 1. The van der Waals surface area contributed by atoms with Gasteiger partial charge in [-0.3, -0.25) is 9.78 Å². The van der Waals surface area contributed by atoms with Gasteiger partial charge in [0.15, 0.2) is 0 Å². The van der Waals surface area contributed by atoms with Crippen LogP contribution in [0.4, 0.5) is 16.2 Å². The van der Waals surface area contributed by atoms with Gasteiger partial charge in [-0.1, -0.05) is 35.3 Å². The summed E-state index contributed by atoms with van der Waals surface area (Å²) in [5.41, 5.74) is 0.181. The number of aromatic nitrogens is 3. The van der Waals surface area contributed by atoms with E-state index in [9.17, 15) is 18.0 Å². The zero-order valence-corrected chi connectivity index (χ0v) is 22.4. The Kier molecular flexibility index (Phi) is 8.00. The van der Waals surface area contributed by atoms with Gasteiger partial charge in [-0.05, 0) is 49.4 Å². The van der Waals surface area contributed by atoms with Crippen molar-refractivity contribution >= 4 is 50.4 Å². The zero-order chi connectivity index (χ0) is 27.4. The van der Waals surface area contributed by atoms with E-state index in [1.807, 2.05) is 0 Å². The predicted octanol–water partition coefficient (Wildman–Crippen LogP) is 5.12. The van der Waals surface area contributed by atoms with Gasteiger partial charge in [-0.25, -0.2) is 17.9 Å². The molecule has 0 saturated carbocycles. The fraction of sp³-hybridized carbons (Fsp3) is 0.120. The van der Waals surface area contributed by atoms with E-state index in [0.29, 0.717) is 11.3 Å². The van der Waals surface area contributed by atoms with Crippen LogP contribution in [0.5, 0.6) is 5.75 Å². The van der Waals surface area contributed by atoms with E-state index < -0.39 is 21.4 Å². The van der Waals surface area contributed by atoms with Crippen molar-refractivity contribution < 1.29 is 17.9 Å².